The lowest BCUT2D eigenvalue weighted by Gasteiger charge is -2.20. The second-order valence-corrected chi connectivity index (χ2v) is 11.3. The number of rotatable bonds is 26. The van der Waals surface area contributed by atoms with Crippen LogP contribution in [-0.4, -0.2) is 64.9 Å². The highest BCUT2D eigenvalue weighted by Gasteiger charge is 2.24. The standard InChI is InChI=1S/C39H57N3O6/c1-3-4-5-6-7-8-9-10-11-12-13-14-15-16-17-18-19-25-38(46)42-36(39(47)48-35(31-43)32-44)24-20-21-29-40-37(45)26-22-23-34-28-27-33(2)41-30-34/h4-5,7-8,10-11,13-14,16-17,22-23,27-28,30,35-36,43-44H,3,6,9,12,15,18-21,24-26,29,31-32H2,1-2H3,(H,40,45)(H,42,46). The van der Waals surface area contributed by atoms with Crippen molar-refractivity contribution in [2.24, 2.45) is 0 Å². The fourth-order valence-corrected chi connectivity index (χ4v) is 4.30. The Morgan fingerprint density at radius 1 is 0.812 bits per heavy atom. The second-order valence-electron chi connectivity index (χ2n) is 11.3. The number of hydrogen-bond donors (Lipinski definition) is 4. The number of nitrogens with zero attached hydrogens (tertiary/aromatic N) is 1. The number of carbonyl (C=O) groups is 3. The summed E-state index contributed by atoms with van der Waals surface area (Å²) in [5.41, 5.74) is 1.85. The molecule has 1 atom stereocenters. The van der Waals surface area contributed by atoms with Crippen LogP contribution >= 0.6 is 0 Å². The van der Waals surface area contributed by atoms with Crippen molar-refractivity contribution in [3.05, 3.63) is 96.4 Å². The lowest BCUT2D eigenvalue weighted by atomic mass is 10.1. The lowest BCUT2D eigenvalue weighted by molar-refractivity contribution is -0.157. The van der Waals surface area contributed by atoms with Crippen LogP contribution < -0.4 is 10.6 Å². The van der Waals surface area contributed by atoms with Crippen molar-refractivity contribution in [1.82, 2.24) is 15.6 Å². The van der Waals surface area contributed by atoms with Gasteiger partial charge in [-0.15, -0.1) is 0 Å². The molecule has 0 aliphatic rings. The number of aryl methyl sites for hydroxylation is 1. The quantitative estimate of drug-likeness (QED) is 0.0513. The minimum Gasteiger partial charge on any atom is -0.456 e. The van der Waals surface area contributed by atoms with Crippen LogP contribution in [0.2, 0.25) is 0 Å². The zero-order valence-corrected chi connectivity index (χ0v) is 28.9. The van der Waals surface area contributed by atoms with Crippen molar-refractivity contribution in [3.63, 3.8) is 0 Å². The summed E-state index contributed by atoms with van der Waals surface area (Å²) in [6.07, 6.45) is 33.8. The largest absolute Gasteiger partial charge is 0.456 e. The molecule has 0 spiro atoms. The Hall–Kier alpha value is -4.08. The van der Waals surface area contributed by atoms with Crippen LogP contribution in [-0.2, 0) is 19.1 Å². The third-order valence-electron chi connectivity index (χ3n) is 7.03. The summed E-state index contributed by atoms with van der Waals surface area (Å²) in [6.45, 7) is 3.44. The van der Waals surface area contributed by atoms with Crippen LogP contribution in [0.25, 0.3) is 6.08 Å². The molecule has 1 aromatic heterocycles. The molecule has 48 heavy (non-hydrogen) atoms. The van der Waals surface area contributed by atoms with Crippen molar-refractivity contribution in [3.8, 4) is 0 Å². The van der Waals surface area contributed by atoms with E-state index in [9.17, 15) is 24.6 Å². The van der Waals surface area contributed by atoms with Gasteiger partial charge in [-0.3, -0.25) is 14.6 Å². The van der Waals surface area contributed by atoms with Gasteiger partial charge in [0.1, 0.15) is 12.1 Å². The highest BCUT2D eigenvalue weighted by molar-refractivity contribution is 5.84. The van der Waals surface area contributed by atoms with E-state index < -0.39 is 31.3 Å². The van der Waals surface area contributed by atoms with Gasteiger partial charge in [-0.05, 0) is 82.8 Å². The number of aliphatic hydroxyl groups is 2. The van der Waals surface area contributed by atoms with Crippen molar-refractivity contribution in [1.29, 1.82) is 0 Å². The Kier molecular flexibility index (Phi) is 25.4. The van der Waals surface area contributed by atoms with Gasteiger partial charge in [0.25, 0.3) is 0 Å². The molecule has 0 aliphatic heterocycles. The molecule has 0 saturated heterocycles. The van der Waals surface area contributed by atoms with Crippen LogP contribution in [0.3, 0.4) is 0 Å². The molecular weight excluding hydrogens is 606 g/mol. The number of unbranched alkanes of at least 4 members (excludes halogenated alkanes) is 2. The van der Waals surface area contributed by atoms with Gasteiger partial charge >= 0.3 is 5.97 Å². The molecule has 2 amide bonds. The van der Waals surface area contributed by atoms with Gasteiger partial charge in [-0.2, -0.15) is 0 Å². The third kappa shape index (κ3) is 23.3. The average Bonchev–Trinajstić information content (AvgIpc) is 3.08. The van der Waals surface area contributed by atoms with E-state index in [1.165, 1.54) is 0 Å². The lowest BCUT2D eigenvalue weighted by Crippen LogP contribution is -2.44. The number of aromatic nitrogens is 1. The van der Waals surface area contributed by atoms with Gasteiger partial charge in [0, 0.05) is 31.3 Å². The molecule has 1 heterocycles. The van der Waals surface area contributed by atoms with E-state index in [1.54, 1.807) is 12.3 Å². The molecule has 9 nitrogen and oxygen atoms in total. The predicted octanol–water partition coefficient (Wildman–Crippen LogP) is 6.38. The maximum atomic E-state index is 12.7. The zero-order valence-electron chi connectivity index (χ0n) is 28.9. The third-order valence-corrected chi connectivity index (χ3v) is 7.03. The Morgan fingerprint density at radius 2 is 1.44 bits per heavy atom. The summed E-state index contributed by atoms with van der Waals surface area (Å²) in [5, 5.41) is 24.2. The van der Waals surface area contributed by atoms with E-state index >= 15 is 0 Å². The van der Waals surface area contributed by atoms with Gasteiger partial charge in [0.15, 0.2) is 0 Å². The normalized spacial score (nSPS) is 12.9. The number of aliphatic hydroxyl groups excluding tert-OH is 2. The minimum atomic E-state index is -1.05. The molecular formula is C39H57N3O6. The van der Waals surface area contributed by atoms with Crippen molar-refractivity contribution in [2.75, 3.05) is 19.8 Å². The molecule has 264 valence electrons. The summed E-state index contributed by atoms with van der Waals surface area (Å²) >= 11 is 0. The van der Waals surface area contributed by atoms with Crippen molar-refractivity contribution >= 4 is 23.9 Å². The SMILES string of the molecule is CCC=CCC=CCC=CCC=CCC=CCCCC(=O)NC(CCCCNC(=O)CC=Cc1ccc(C)nc1)C(=O)OC(CO)CO. The van der Waals surface area contributed by atoms with E-state index in [4.69, 9.17) is 4.74 Å². The van der Waals surface area contributed by atoms with Crippen molar-refractivity contribution in [2.45, 2.75) is 103 Å². The van der Waals surface area contributed by atoms with Gasteiger partial charge in [0.2, 0.25) is 11.8 Å². The zero-order chi connectivity index (χ0) is 35.1. The first-order valence-corrected chi connectivity index (χ1v) is 17.2. The number of carbonyl (C=O) groups excluding carboxylic acids is 3. The Bertz CT molecular complexity index is 1200. The minimum absolute atomic E-state index is 0.114. The molecule has 0 saturated carbocycles. The number of esters is 1. The number of hydrogen-bond acceptors (Lipinski definition) is 7. The Labute approximate surface area is 287 Å². The summed E-state index contributed by atoms with van der Waals surface area (Å²) in [6, 6.07) is 2.94. The van der Waals surface area contributed by atoms with Gasteiger partial charge < -0.3 is 25.6 Å². The molecule has 0 aromatic carbocycles. The molecule has 4 N–H and O–H groups in total. The summed E-state index contributed by atoms with van der Waals surface area (Å²) < 4.78 is 5.17. The summed E-state index contributed by atoms with van der Waals surface area (Å²) in [5.74, 6) is -1.08. The molecule has 0 fully saturated rings. The van der Waals surface area contributed by atoms with Crippen LogP contribution in [0, 0.1) is 6.92 Å². The molecule has 1 unspecified atom stereocenters. The highest BCUT2D eigenvalue weighted by Crippen LogP contribution is 2.08. The highest BCUT2D eigenvalue weighted by atomic mass is 16.6. The van der Waals surface area contributed by atoms with Crippen LogP contribution in [0.1, 0.15) is 95.2 Å². The maximum absolute atomic E-state index is 12.7. The first-order valence-electron chi connectivity index (χ1n) is 17.2. The summed E-state index contributed by atoms with van der Waals surface area (Å²) in [4.78, 5) is 41.7. The van der Waals surface area contributed by atoms with Crippen LogP contribution in [0.15, 0.2) is 85.2 Å². The first-order chi connectivity index (χ1) is 23.4. The summed E-state index contributed by atoms with van der Waals surface area (Å²) in [7, 11) is 0. The van der Waals surface area contributed by atoms with E-state index in [0.29, 0.717) is 32.2 Å². The smallest absolute Gasteiger partial charge is 0.329 e. The second kappa shape index (κ2) is 29.1. The van der Waals surface area contributed by atoms with Crippen molar-refractivity contribution < 1.29 is 29.3 Å². The van der Waals surface area contributed by atoms with E-state index in [2.05, 4.69) is 77.2 Å². The number of ether oxygens (including phenoxy) is 1. The molecule has 1 rings (SSSR count). The number of amides is 2. The van der Waals surface area contributed by atoms with Crippen LogP contribution in [0.4, 0.5) is 0 Å². The first kappa shape index (κ1) is 41.9. The Balaban J connectivity index is 2.34. The monoisotopic (exact) mass is 663 g/mol. The van der Waals surface area contributed by atoms with Gasteiger partial charge in [-0.25, -0.2) is 4.79 Å². The number of pyridine rings is 1. The predicted molar refractivity (Wildman–Crippen MR) is 194 cm³/mol. The number of allylic oxidation sites excluding steroid dienone is 10. The van der Waals surface area contributed by atoms with Gasteiger partial charge in [0.05, 0.1) is 13.2 Å². The topological polar surface area (TPSA) is 138 Å². The molecule has 0 radical (unpaired) electrons. The Morgan fingerprint density at radius 3 is 2.02 bits per heavy atom. The molecule has 1 aromatic rings. The van der Waals surface area contributed by atoms with Crippen LogP contribution in [0.5, 0.6) is 0 Å². The van der Waals surface area contributed by atoms with E-state index in [0.717, 1.165) is 49.8 Å². The van der Waals surface area contributed by atoms with Gasteiger partial charge in [-0.1, -0.05) is 85.9 Å². The fraction of sp³-hybridized carbons (Fsp3) is 0.487. The van der Waals surface area contributed by atoms with E-state index in [1.807, 2.05) is 31.2 Å². The number of nitrogens with one attached hydrogen (secondary N) is 2. The maximum Gasteiger partial charge on any atom is 0.329 e. The molecule has 0 aliphatic carbocycles. The fourth-order valence-electron chi connectivity index (χ4n) is 4.30. The van der Waals surface area contributed by atoms with E-state index in [-0.39, 0.29) is 24.7 Å². The average molecular weight is 664 g/mol. The molecule has 0 bridgehead atoms. The molecule has 9 heteroatoms.